The predicted octanol–water partition coefficient (Wildman–Crippen LogP) is 2.64. The van der Waals surface area contributed by atoms with Crippen LogP contribution in [0.15, 0.2) is 5.16 Å². The molecule has 1 rings (SSSR count). The topological polar surface area (TPSA) is 58.0 Å². The highest BCUT2D eigenvalue weighted by Crippen LogP contribution is 2.19. The van der Waals surface area contributed by atoms with Crippen LogP contribution in [0.1, 0.15) is 31.0 Å². The Balaban J connectivity index is 2.64. The van der Waals surface area contributed by atoms with Crippen molar-refractivity contribution in [1.82, 2.24) is 9.97 Å². The van der Waals surface area contributed by atoms with Gasteiger partial charge < -0.3 is 10.4 Å². The molecule has 2 N–H and O–H groups in total. The van der Waals surface area contributed by atoms with Crippen LogP contribution in [0, 0.1) is 19.8 Å². The SMILES string of the molecule is CCC(CO)CCNc1nc(SC)nc(C)c1C. The van der Waals surface area contributed by atoms with Crippen molar-refractivity contribution in [2.24, 2.45) is 5.92 Å². The zero-order valence-corrected chi connectivity index (χ0v) is 12.5. The van der Waals surface area contributed by atoms with Gasteiger partial charge in [0.05, 0.1) is 0 Å². The van der Waals surface area contributed by atoms with Crippen LogP contribution in [0.3, 0.4) is 0 Å². The second-order valence-corrected chi connectivity index (χ2v) is 5.22. The van der Waals surface area contributed by atoms with Crippen LogP contribution in [0.5, 0.6) is 0 Å². The van der Waals surface area contributed by atoms with E-state index in [9.17, 15) is 0 Å². The van der Waals surface area contributed by atoms with Gasteiger partial charge in [-0.15, -0.1) is 0 Å². The van der Waals surface area contributed by atoms with Gasteiger partial charge in [-0.25, -0.2) is 9.97 Å². The molecule has 18 heavy (non-hydrogen) atoms. The molecule has 0 saturated carbocycles. The van der Waals surface area contributed by atoms with Crippen LogP contribution >= 0.6 is 11.8 Å². The molecule has 4 nitrogen and oxygen atoms in total. The molecule has 102 valence electrons. The van der Waals surface area contributed by atoms with Crippen molar-refractivity contribution in [1.29, 1.82) is 0 Å². The minimum absolute atomic E-state index is 0.260. The molecule has 0 fully saturated rings. The van der Waals surface area contributed by atoms with Crippen molar-refractivity contribution in [2.75, 3.05) is 24.7 Å². The van der Waals surface area contributed by atoms with E-state index in [1.165, 1.54) is 0 Å². The number of aliphatic hydroxyl groups excluding tert-OH is 1. The first-order chi connectivity index (χ1) is 8.62. The molecule has 0 aliphatic heterocycles. The summed E-state index contributed by atoms with van der Waals surface area (Å²) in [5.41, 5.74) is 2.12. The number of hydrogen-bond acceptors (Lipinski definition) is 5. The lowest BCUT2D eigenvalue weighted by atomic mass is 10.0. The van der Waals surface area contributed by atoms with Gasteiger partial charge in [0.2, 0.25) is 0 Å². The third kappa shape index (κ3) is 4.14. The summed E-state index contributed by atoms with van der Waals surface area (Å²) in [5, 5.41) is 13.3. The molecule has 0 amide bonds. The molecule has 1 aromatic rings. The zero-order chi connectivity index (χ0) is 13.5. The van der Waals surface area contributed by atoms with Crippen molar-refractivity contribution in [3.8, 4) is 0 Å². The molecule has 0 aliphatic carbocycles. The second kappa shape index (κ2) is 7.59. The number of nitrogens with zero attached hydrogens (tertiary/aromatic N) is 2. The number of aromatic nitrogens is 2. The van der Waals surface area contributed by atoms with Crippen LogP contribution in [-0.2, 0) is 0 Å². The summed E-state index contributed by atoms with van der Waals surface area (Å²) in [4.78, 5) is 8.88. The summed E-state index contributed by atoms with van der Waals surface area (Å²) in [6.07, 6.45) is 3.95. The van der Waals surface area contributed by atoms with Gasteiger partial charge in [0.1, 0.15) is 5.82 Å². The van der Waals surface area contributed by atoms with Crippen molar-refractivity contribution in [3.63, 3.8) is 0 Å². The summed E-state index contributed by atoms with van der Waals surface area (Å²) >= 11 is 1.55. The van der Waals surface area contributed by atoms with Gasteiger partial charge in [-0.2, -0.15) is 0 Å². The first kappa shape index (κ1) is 15.2. The smallest absolute Gasteiger partial charge is 0.189 e. The van der Waals surface area contributed by atoms with Crippen molar-refractivity contribution < 1.29 is 5.11 Å². The molecule has 0 spiro atoms. The van der Waals surface area contributed by atoms with Crippen LogP contribution in [0.2, 0.25) is 0 Å². The number of thioether (sulfide) groups is 1. The monoisotopic (exact) mass is 269 g/mol. The fraction of sp³-hybridized carbons (Fsp3) is 0.692. The molecule has 1 aromatic heterocycles. The van der Waals surface area contributed by atoms with Gasteiger partial charge in [0.25, 0.3) is 0 Å². The lowest BCUT2D eigenvalue weighted by molar-refractivity contribution is 0.217. The Morgan fingerprint density at radius 3 is 2.61 bits per heavy atom. The number of hydrogen-bond donors (Lipinski definition) is 2. The van der Waals surface area contributed by atoms with E-state index >= 15 is 0 Å². The van der Waals surface area contributed by atoms with Crippen LogP contribution < -0.4 is 5.32 Å². The Bertz CT molecular complexity index is 381. The molecule has 1 heterocycles. The highest BCUT2D eigenvalue weighted by Gasteiger charge is 2.08. The summed E-state index contributed by atoms with van der Waals surface area (Å²) < 4.78 is 0. The van der Waals surface area contributed by atoms with Crippen molar-refractivity contribution >= 4 is 17.6 Å². The van der Waals surface area contributed by atoms with Gasteiger partial charge in [-0.1, -0.05) is 25.1 Å². The van der Waals surface area contributed by atoms with Gasteiger partial charge in [0.15, 0.2) is 5.16 Å². The highest BCUT2D eigenvalue weighted by molar-refractivity contribution is 7.98. The van der Waals surface area contributed by atoms with Gasteiger partial charge >= 0.3 is 0 Å². The minimum Gasteiger partial charge on any atom is -0.396 e. The summed E-state index contributed by atoms with van der Waals surface area (Å²) in [6, 6.07) is 0. The molecule has 0 radical (unpaired) electrons. The molecule has 0 aromatic carbocycles. The van der Waals surface area contributed by atoms with Crippen LogP contribution in [-0.4, -0.2) is 34.5 Å². The van der Waals surface area contributed by atoms with Crippen molar-refractivity contribution in [3.05, 3.63) is 11.3 Å². The van der Waals surface area contributed by atoms with E-state index in [2.05, 4.69) is 22.2 Å². The largest absolute Gasteiger partial charge is 0.396 e. The highest BCUT2D eigenvalue weighted by atomic mass is 32.2. The fourth-order valence-electron chi connectivity index (χ4n) is 1.69. The first-order valence-corrected chi connectivity index (χ1v) is 7.58. The van der Waals surface area contributed by atoms with Gasteiger partial charge in [-0.3, -0.25) is 0 Å². The quantitative estimate of drug-likeness (QED) is 0.588. The maximum atomic E-state index is 9.15. The van der Waals surface area contributed by atoms with E-state index in [0.717, 1.165) is 41.6 Å². The van der Waals surface area contributed by atoms with E-state index < -0.39 is 0 Å². The third-order valence-corrected chi connectivity index (χ3v) is 3.78. The maximum Gasteiger partial charge on any atom is 0.189 e. The molecular weight excluding hydrogens is 246 g/mol. The second-order valence-electron chi connectivity index (χ2n) is 4.44. The number of aliphatic hydroxyl groups is 1. The number of nitrogens with one attached hydrogen (secondary N) is 1. The Morgan fingerprint density at radius 1 is 1.33 bits per heavy atom. The van der Waals surface area contributed by atoms with E-state index in [1.54, 1.807) is 11.8 Å². The first-order valence-electron chi connectivity index (χ1n) is 6.36. The molecule has 1 atom stereocenters. The predicted molar refractivity (Wildman–Crippen MR) is 77.3 cm³/mol. The lowest BCUT2D eigenvalue weighted by Crippen LogP contribution is -2.13. The fourth-order valence-corrected chi connectivity index (χ4v) is 2.10. The van der Waals surface area contributed by atoms with Crippen molar-refractivity contribution in [2.45, 2.75) is 38.8 Å². The van der Waals surface area contributed by atoms with Crippen LogP contribution in [0.4, 0.5) is 5.82 Å². The van der Waals surface area contributed by atoms with Gasteiger partial charge in [0, 0.05) is 24.4 Å². The molecule has 0 saturated heterocycles. The average molecular weight is 269 g/mol. The normalized spacial score (nSPS) is 12.5. The average Bonchev–Trinajstić information content (AvgIpc) is 2.39. The molecule has 1 unspecified atom stereocenters. The zero-order valence-electron chi connectivity index (χ0n) is 11.7. The maximum absolute atomic E-state index is 9.15. The molecular formula is C13H23N3OS. The molecule has 0 bridgehead atoms. The minimum atomic E-state index is 0.260. The van der Waals surface area contributed by atoms with E-state index in [1.807, 2.05) is 20.1 Å². The lowest BCUT2D eigenvalue weighted by Gasteiger charge is -2.14. The van der Waals surface area contributed by atoms with E-state index in [4.69, 9.17) is 5.11 Å². The Hall–Kier alpha value is -0.810. The Kier molecular flexibility index (Phi) is 6.43. The summed E-state index contributed by atoms with van der Waals surface area (Å²) in [5.74, 6) is 1.29. The molecule has 0 aliphatic rings. The van der Waals surface area contributed by atoms with Gasteiger partial charge in [-0.05, 0) is 32.4 Å². The van der Waals surface area contributed by atoms with E-state index in [-0.39, 0.29) is 6.61 Å². The number of anilines is 1. The third-order valence-electron chi connectivity index (χ3n) is 3.23. The van der Waals surface area contributed by atoms with Crippen LogP contribution in [0.25, 0.3) is 0 Å². The Morgan fingerprint density at radius 2 is 2.06 bits per heavy atom. The summed E-state index contributed by atoms with van der Waals surface area (Å²) in [7, 11) is 0. The number of rotatable bonds is 7. The Labute approximate surface area is 114 Å². The standard InChI is InChI=1S/C13H23N3OS/c1-5-11(8-17)6-7-14-12-9(2)10(3)15-13(16-12)18-4/h11,17H,5-8H2,1-4H3,(H,14,15,16). The molecule has 5 heteroatoms. The number of aryl methyl sites for hydroxylation is 1. The van der Waals surface area contributed by atoms with E-state index in [0.29, 0.717) is 5.92 Å². The summed E-state index contributed by atoms with van der Waals surface area (Å²) in [6.45, 7) is 7.24.